The Balaban J connectivity index is 2.75. The lowest BCUT2D eigenvalue weighted by atomic mass is 10.0. The van der Waals surface area contributed by atoms with Gasteiger partial charge in [0.25, 0.3) is 0 Å². The van der Waals surface area contributed by atoms with Crippen LogP contribution >= 0.6 is 0 Å². The van der Waals surface area contributed by atoms with Crippen LogP contribution in [-0.2, 0) is 4.79 Å². The van der Waals surface area contributed by atoms with E-state index in [9.17, 15) is 4.79 Å². The summed E-state index contributed by atoms with van der Waals surface area (Å²) in [7, 11) is 1.60. The number of hydrogen-bond donors (Lipinski definition) is 2. The van der Waals surface area contributed by atoms with Crippen molar-refractivity contribution in [3.05, 3.63) is 18.2 Å². The number of nitrogens with zero attached hydrogens (tertiary/aromatic N) is 1. The Hall–Kier alpha value is -1.79. The monoisotopic (exact) mass is 337 g/mol. The summed E-state index contributed by atoms with van der Waals surface area (Å²) in [6, 6.07) is 4.79. The molecule has 1 atom stereocenters. The van der Waals surface area contributed by atoms with Crippen molar-refractivity contribution in [1.29, 1.82) is 0 Å². The maximum atomic E-state index is 12.1. The van der Waals surface area contributed by atoms with Gasteiger partial charge in [-0.05, 0) is 31.1 Å². The van der Waals surface area contributed by atoms with Crippen LogP contribution in [-0.4, -0.2) is 50.2 Å². The van der Waals surface area contributed by atoms with Crippen molar-refractivity contribution in [3.63, 3.8) is 0 Å². The van der Waals surface area contributed by atoms with E-state index in [2.05, 4.69) is 24.1 Å². The third kappa shape index (κ3) is 6.02. The molecule has 24 heavy (non-hydrogen) atoms. The molecule has 3 N–H and O–H groups in total. The number of likely N-dealkylation sites (N-methyl/N-ethyl adjacent to an activating group) is 1. The van der Waals surface area contributed by atoms with Crippen LogP contribution in [0.2, 0.25) is 0 Å². The Labute approximate surface area is 145 Å². The molecule has 0 aliphatic rings. The summed E-state index contributed by atoms with van der Waals surface area (Å²) in [5, 5.41) is 2.83. The molecule has 0 aliphatic carbocycles. The third-order valence-corrected chi connectivity index (χ3v) is 4.01. The Morgan fingerprint density at radius 2 is 1.92 bits per heavy atom. The molecule has 0 bridgehead atoms. The molecule has 136 valence electrons. The number of hydrogen-bond acceptors (Lipinski definition) is 5. The van der Waals surface area contributed by atoms with Crippen molar-refractivity contribution in [2.75, 3.05) is 38.7 Å². The third-order valence-electron chi connectivity index (χ3n) is 4.01. The predicted octanol–water partition coefficient (Wildman–Crippen LogP) is 2.34. The van der Waals surface area contributed by atoms with Gasteiger partial charge in [0.2, 0.25) is 5.91 Å². The summed E-state index contributed by atoms with van der Waals surface area (Å²) in [4.78, 5) is 14.4. The van der Waals surface area contributed by atoms with E-state index in [4.69, 9.17) is 15.2 Å². The van der Waals surface area contributed by atoms with Gasteiger partial charge >= 0.3 is 0 Å². The number of ether oxygens (including phenoxy) is 2. The molecule has 1 amide bonds. The summed E-state index contributed by atoms with van der Waals surface area (Å²) in [5.74, 6) is 1.12. The first-order valence-corrected chi connectivity index (χ1v) is 8.52. The van der Waals surface area contributed by atoms with E-state index in [0.717, 1.165) is 19.6 Å². The molecule has 1 aromatic carbocycles. The van der Waals surface area contributed by atoms with Crippen molar-refractivity contribution in [1.82, 2.24) is 4.90 Å². The zero-order chi connectivity index (χ0) is 18.1. The first-order chi connectivity index (χ1) is 11.4. The Morgan fingerprint density at radius 3 is 2.46 bits per heavy atom. The van der Waals surface area contributed by atoms with Crippen LogP contribution in [0.5, 0.6) is 11.5 Å². The summed E-state index contributed by atoms with van der Waals surface area (Å²) < 4.78 is 11.2. The molecular weight excluding hydrogens is 306 g/mol. The Morgan fingerprint density at radius 1 is 1.25 bits per heavy atom. The highest BCUT2D eigenvalue weighted by molar-refractivity contribution is 5.95. The molecule has 0 unspecified atom stereocenters. The first-order valence-electron chi connectivity index (χ1n) is 8.52. The van der Waals surface area contributed by atoms with Crippen LogP contribution in [0.15, 0.2) is 18.2 Å². The number of carbonyl (C=O) groups excluding carboxylic acids is 1. The molecule has 0 spiro atoms. The van der Waals surface area contributed by atoms with E-state index in [1.54, 1.807) is 25.3 Å². The summed E-state index contributed by atoms with van der Waals surface area (Å²) in [6.45, 7) is 11.4. The summed E-state index contributed by atoms with van der Waals surface area (Å²) in [6.07, 6.45) is 0. The lowest BCUT2D eigenvalue weighted by molar-refractivity contribution is -0.118. The molecular formula is C18H31N3O3. The maximum absolute atomic E-state index is 12.1. The highest BCUT2D eigenvalue weighted by Crippen LogP contribution is 2.30. The van der Waals surface area contributed by atoms with Gasteiger partial charge in [0.05, 0.1) is 13.2 Å². The second kappa shape index (κ2) is 10.2. The first kappa shape index (κ1) is 20.3. The smallest absolute Gasteiger partial charge is 0.241 e. The number of rotatable bonds is 10. The minimum atomic E-state index is -0.542. The van der Waals surface area contributed by atoms with Crippen molar-refractivity contribution >= 4 is 11.6 Å². The van der Waals surface area contributed by atoms with E-state index < -0.39 is 6.04 Å². The van der Waals surface area contributed by atoms with Crippen LogP contribution in [0.25, 0.3) is 0 Å². The van der Waals surface area contributed by atoms with Crippen molar-refractivity contribution in [2.24, 2.45) is 11.7 Å². The largest absolute Gasteiger partial charge is 0.493 e. The topological polar surface area (TPSA) is 76.8 Å². The number of amides is 1. The summed E-state index contributed by atoms with van der Waals surface area (Å²) >= 11 is 0. The van der Waals surface area contributed by atoms with E-state index in [0.29, 0.717) is 23.8 Å². The van der Waals surface area contributed by atoms with Gasteiger partial charge in [-0.3, -0.25) is 4.79 Å². The van der Waals surface area contributed by atoms with Gasteiger partial charge in [0.15, 0.2) is 11.5 Å². The zero-order valence-corrected chi connectivity index (χ0v) is 15.5. The van der Waals surface area contributed by atoms with Crippen LogP contribution in [0.1, 0.15) is 27.7 Å². The number of nitrogens with two attached hydrogens (primary N) is 1. The van der Waals surface area contributed by atoms with Crippen molar-refractivity contribution < 1.29 is 14.3 Å². The fourth-order valence-electron chi connectivity index (χ4n) is 2.22. The van der Waals surface area contributed by atoms with Crippen molar-refractivity contribution in [2.45, 2.75) is 33.7 Å². The number of nitrogens with one attached hydrogen (secondary N) is 1. The molecule has 0 fully saturated rings. The molecule has 0 saturated heterocycles. The van der Waals surface area contributed by atoms with Crippen LogP contribution in [0.3, 0.4) is 0 Å². The highest BCUT2D eigenvalue weighted by atomic mass is 16.5. The average Bonchev–Trinajstić information content (AvgIpc) is 2.58. The average molecular weight is 337 g/mol. The van der Waals surface area contributed by atoms with E-state index >= 15 is 0 Å². The fourth-order valence-corrected chi connectivity index (χ4v) is 2.22. The number of carbonyl (C=O) groups is 1. The zero-order valence-electron chi connectivity index (χ0n) is 15.5. The minimum absolute atomic E-state index is 0.0769. The minimum Gasteiger partial charge on any atom is -0.493 e. The van der Waals surface area contributed by atoms with Gasteiger partial charge in [-0.1, -0.05) is 27.7 Å². The van der Waals surface area contributed by atoms with Crippen LogP contribution < -0.4 is 20.5 Å². The van der Waals surface area contributed by atoms with Gasteiger partial charge in [0.1, 0.15) is 6.61 Å². The highest BCUT2D eigenvalue weighted by Gasteiger charge is 2.18. The number of methoxy groups -OCH3 is 1. The second-order valence-corrected chi connectivity index (χ2v) is 6.00. The van der Waals surface area contributed by atoms with Gasteiger partial charge < -0.3 is 25.4 Å². The molecule has 0 radical (unpaired) electrons. The lowest BCUT2D eigenvalue weighted by Crippen LogP contribution is -2.39. The Bertz CT molecular complexity index is 516. The molecule has 1 aromatic rings. The quantitative estimate of drug-likeness (QED) is 0.685. The van der Waals surface area contributed by atoms with Gasteiger partial charge in [-0.25, -0.2) is 0 Å². The van der Waals surface area contributed by atoms with Gasteiger partial charge in [-0.2, -0.15) is 0 Å². The van der Waals surface area contributed by atoms with E-state index in [-0.39, 0.29) is 11.8 Å². The van der Waals surface area contributed by atoms with Gasteiger partial charge in [0, 0.05) is 18.3 Å². The fraction of sp³-hybridized carbons (Fsp3) is 0.611. The molecule has 0 heterocycles. The predicted molar refractivity (Wildman–Crippen MR) is 97.7 cm³/mol. The number of benzene rings is 1. The normalized spacial score (nSPS) is 12.3. The second-order valence-electron chi connectivity index (χ2n) is 6.00. The summed E-state index contributed by atoms with van der Waals surface area (Å²) in [5.41, 5.74) is 6.52. The van der Waals surface area contributed by atoms with Crippen molar-refractivity contribution in [3.8, 4) is 11.5 Å². The lowest BCUT2D eigenvalue weighted by Gasteiger charge is -2.19. The maximum Gasteiger partial charge on any atom is 0.241 e. The van der Waals surface area contributed by atoms with E-state index in [1.807, 2.05) is 13.8 Å². The molecule has 1 rings (SSSR count). The van der Waals surface area contributed by atoms with Crippen LogP contribution in [0.4, 0.5) is 5.69 Å². The molecule has 6 nitrogen and oxygen atoms in total. The molecule has 0 aromatic heterocycles. The SMILES string of the molecule is CCN(CC)CCOc1cc(NC(=O)[C@@H](N)C(C)C)ccc1OC. The van der Waals surface area contributed by atoms with Gasteiger partial charge in [-0.15, -0.1) is 0 Å². The van der Waals surface area contributed by atoms with E-state index in [1.165, 1.54) is 0 Å². The Kier molecular flexibility index (Phi) is 8.57. The standard InChI is InChI=1S/C18H31N3O3/c1-6-21(7-2)10-11-24-16-12-14(8-9-15(16)23-5)20-18(22)17(19)13(3)4/h8-9,12-13,17H,6-7,10-11,19H2,1-5H3,(H,20,22)/t17-/m0/s1. The molecule has 6 heteroatoms. The molecule has 0 aliphatic heterocycles. The number of anilines is 1. The van der Waals surface area contributed by atoms with Crippen LogP contribution in [0, 0.1) is 5.92 Å². The molecule has 0 saturated carbocycles.